The number of aryl methyl sites for hydroxylation is 2. The third kappa shape index (κ3) is 3.23. The monoisotopic (exact) mass is 313 g/mol. The van der Waals surface area contributed by atoms with E-state index in [0.29, 0.717) is 0 Å². The van der Waals surface area contributed by atoms with Crippen LogP contribution in [0.1, 0.15) is 22.6 Å². The van der Waals surface area contributed by atoms with Crippen molar-refractivity contribution in [3.05, 3.63) is 40.8 Å². The summed E-state index contributed by atoms with van der Waals surface area (Å²) in [6.07, 6.45) is 1.94. The van der Waals surface area contributed by atoms with Crippen molar-refractivity contribution in [3.8, 4) is 11.5 Å². The molecule has 0 radical (unpaired) electrons. The van der Waals surface area contributed by atoms with Crippen molar-refractivity contribution in [1.82, 2.24) is 9.97 Å². The van der Waals surface area contributed by atoms with Gasteiger partial charge in [0.15, 0.2) is 11.5 Å². The van der Waals surface area contributed by atoms with Gasteiger partial charge in [-0.05, 0) is 49.9 Å². The molecule has 1 aromatic heterocycles. The summed E-state index contributed by atoms with van der Waals surface area (Å²) in [5, 5.41) is 0. The highest BCUT2D eigenvalue weighted by Crippen LogP contribution is 2.32. The summed E-state index contributed by atoms with van der Waals surface area (Å²) < 4.78 is 10.9. The van der Waals surface area contributed by atoms with E-state index < -0.39 is 0 Å². The maximum absolute atomic E-state index is 5.43. The zero-order chi connectivity index (χ0) is 16.4. The van der Waals surface area contributed by atoms with Crippen LogP contribution in [0.4, 0.5) is 5.82 Å². The highest BCUT2D eigenvalue weighted by Gasteiger charge is 2.18. The second-order valence-corrected chi connectivity index (χ2v) is 5.88. The number of rotatable bonds is 3. The Balaban J connectivity index is 1.87. The molecule has 1 aliphatic heterocycles. The molecule has 2 aromatic rings. The van der Waals surface area contributed by atoms with Gasteiger partial charge in [-0.15, -0.1) is 0 Å². The number of ether oxygens (including phenoxy) is 2. The summed E-state index contributed by atoms with van der Waals surface area (Å²) in [5.74, 6) is 3.44. The Hall–Kier alpha value is -2.30. The first-order chi connectivity index (χ1) is 11.1. The summed E-state index contributed by atoms with van der Waals surface area (Å²) >= 11 is 0. The van der Waals surface area contributed by atoms with E-state index in [4.69, 9.17) is 9.47 Å². The molecular formula is C18H23N3O2. The van der Waals surface area contributed by atoms with Gasteiger partial charge < -0.3 is 14.4 Å². The van der Waals surface area contributed by atoms with Crippen LogP contribution in [0.2, 0.25) is 0 Å². The lowest BCUT2D eigenvalue weighted by atomic mass is 10.0. The van der Waals surface area contributed by atoms with Gasteiger partial charge in [0.1, 0.15) is 11.6 Å². The number of hydrogen-bond donors (Lipinski definition) is 0. The minimum absolute atomic E-state index is 0.799. The number of anilines is 1. The topological polar surface area (TPSA) is 47.5 Å². The van der Waals surface area contributed by atoms with Crippen LogP contribution in [0.25, 0.3) is 0 Å². The van der Waals surface area contributed by atoms with Crippen molar-refractivity contribution in [2.45, 2.75) is 26.7 Å². The predicted octanol–water partition coefficient (Wildman–Crippen LogP) is 2.72. The van der Waals surface area contributed by atoms with Crippen LogP contribution in [0.15, 0.2) is 18.2 Å². The largest absolute Gasteiger partial charge is 0.493 e. The molecule has 122 valence electrons. The first-order valence-corrected chi connectivity index (χ1v) is 7.91. The van der Waals surface area contributed by atoms with E-state index in [2.05, 4.69) is 33.1 Å². The zero-order valence-electron chi connectivity index (χ0n) is 14.2. The molecule has 0 atom stereocenters. The molecule has 0 spiro atoms. The fourth-order valence-corrected chi connectivity index (χ4v) is 3.14. The number of hydrogen-bond acceptors (Lipinski definition) is 5. The van der Waals surface area contributed by atoms with Gasteiger partial charge in [0.25, 0.3) is 0 Å². The molecule has 0 fully saturated rings. The van der Waals surface area contributed by atoms with E-state index in [1.54, 1.807) is 14.2 Å². The quantitative estimate of drug-likeness (QED) is 0.872. The van der Waals surface area contributed by atoms with Crippen LogP contribution in [0, 0.1) is 13.8 Å². The summed E-state index contributed by atoms with van der Waals surface area (Å²) in [5.41, 5.74) is 3.66. The molecule has 0 aliphatic carbocycles. The highest BCUT2D eigenvalue weighted by molar-refractivity contribution is 5.50. The number of nitrogens with zero attached hydrogens (tertiary/aromatic N) is 3. The first-order valence-electron chi connectivity index (χ1n) is 7.91. The van der Waals surface area contributed by atoms with Crippen LogP contribution in [0.5, 0.6) is 11.5 Å². The van der Waals surface area contributed by atoms with Gasteiger partial charge in [-0.1, -0.05) is 0 Å². The van der Waals surface area contributed by atoms with Crippen molar-refractivity contribution < 1.29 is 9.47 Å². The molecule has 0 N–H and O–H groups in total. The Kier molecular flexibility index (Phi) is 4.37. The molecule has 0 saturated carbocycles. The van der Waals surface area contributed by atoms with E-state index in [-0.39, 0.29) is 0 Å². The minimum atomic E-state index is 0.799. The van der Waals surface area contributed by atoms with Gasteiger partial charge in [0, 0.05) is 24.8 Å². The average molecular weight is 313 g/mol. The van der Waals surface area contributed by atoms with Crippen molar-refractivity contribution in [3.63, 3.8) is 0 Å². The van der Waals surface area contributed by atoms with Crippen molar-refractivity contribution in [2.75, 3.05) is 32.2 Å². The zero-order valence-corrected chi connectivity index (χ0v) is 14.2. The van der Waals surface area contributed by atoms with Crippen LogP contribution < -0.4 is 14.4 Å². The lowest BCUT2D eigenvalue weighted by molar-refractivity contribution is 0.354. The molecule has 5 nitrogen and oxygen atoms in total. The van der Waals surface area contributed by atoms with Crippen LogP contribution in [-0.4, -0.2) is 37.3 Å². The van der Waals surface area contributed by atoms with E-state index in [0.717, 1.165) is 54.8 Å². The van der Waals surface area contributed by atoms with Gasteiger partial charge >= 0.3 is 0 Å². The van der Waals surface area contributed by atoms with E-state index in [1.165, 1.54) is 11.1 Å². The number of aromatic nitrogens is 2. The molecule has 23 heavy (non-hydrogen) atoms. The van der Waals surface area contributed by atoms with E-state index >= 15 is 0 Å². The third-order valence-electron chi connectivity index (χ3n) is 4.28. The Morgan fingerprint density at radius 1 is 0.870 bits per heavy atom. The molecular weight excluding hydrogens is 290 g/mol. The molecule has 0 bridgehead atoms. The van der Waals surface area contributed by atoms with E-state index in [9.17, 15) is 0 Å². The molecule has 0 saturated heterocycles. The van der Waals surface area contributed by atoms with E-state index in [1.807, 2.05) is 13.8 Å². The molecule has 2 heterocycles. The summed E-state index contributed by atoms with van der Waals surface area (Å²) in [6, 6.07) is 6.27. The Morgan fingerprint density at radius 2 is 1.43 bits per heavy atom. The third-order valence-corrected chi connectivity index (χ3v) is 4.28. The van der Waals surface area contributed by atoms with Gasteiger partial charge in [0.05, 0.1) is 14.2 Å². The second-order valence-electron chi connectivity index (χ2n) is 5.88. The lowest BCUT2D eigenvalue weighted by Crippen LogP contribution is -2.27. The van der Waals surface area contributed by atoms with Crippen molar-refractivity contribution >= 4 is 5.82 Å². The predicted molar refractivity (Wildman–Crippen MR) is 90.7 cm³/mol. The van der Waals surface area contributed by atoms with Gasteiger partial charge in [-0.3, -0.25) is 0 Å². The Bertz CT molecular complexity index is 660. The fraction of sp³-hybridized carbons (Fsp3) is 0.444. The average Bonchev–Trinajstić information content (AvgIpc) is 2.74. The second kappa shape index (κ2) is 6.44. The molecule has 0 amide bonds. The van der Waals surface area contributed by atoms with Gasteiger partial charge in [-0.2, -0.15) is 0 Å². The normalized spacial score (nSPS) is 14.2. The van der Waals surface area contributed by atoms with Crippen molar-refractivity contribution in [2.24, 2.45) is 0 Å². The Morgan fingerprint density at radius 3 is 1.91 bits per heavy atom. The summed E-state index contributed by atoms with van der Waals surface area (Å²) in [4.78, 5) is 11.3. The first kappa shape index (κ1) is 15.6. The fourth-order valence-electron chi connectivity index (χ4n) is 3.14. The lowest BCUT2D eigenvalue weighted by Gasteiger charge is -2.21. The van der Waals surface area contributed by atoms with Crippen LogP contribution in [-0.2, 0) is 12.8 Å². The summed E-state index contributed by atoms with van der Waals surface area (Å²) in [6.45, 7) is 5.84. The van der Waals surface area contributed by atoms with Crippen LogP contribution >= 0.6 is 0 Å². The highest BCUT2D eigenvalue weighted by atomic mass is 16.5. The molecule has 0 unspecified atom stereocenters. The van der Waals surface area contributed by atoms with Gasteiger partial charge in [0.2, 0.25) is 0 Å². The molecule has 1 aliphatic rings. The van der Waals surface area contributed by atoms with Gasteiger partial charge in [-0.25, -0.2) is 9.97 Å². The molecule has 3 rings (SSSR count). The standard InChI is InChI=1S/C18H23N3O2/c1-12-9-18(20-13(2)19-12)21-7-5-14-10-16(22-3)17(23-4)11-15(14)6-8-21/h9-11H,5-8H2,1-4H3. The molecule has 1 aromatic carbocycles. The molecule has 5 heteroatoms. The summed E-state index contributed by atoms with van der Waals surface area (Å²) in [7, 11) is 3.36. The number of benzene rings is 1. The Labute approximate surface area is 137 Å². The SMILES string of the molecule is COc1cc2c(cc1OC)CCN(c1cc(C)nc(C)n1)CC2. The minimum Gasteiger partial charge on any atom is -0.493 e. The smallest absolute Gasteiger partial charge is 0.161 e. The number of methoxy groups -OCH3 is 2. The number of fused-ring (bicyclic) bond motifs is 1. The maximum atomic E-state index is 5.43. The maximum Gasteiger partial charge on any atom is 0.161 e. The van der Waals surface area contributed by atoms with Crippen molar-refractivity contribution in [1.29, 1.82) is 0 Å². The van der Waals surface area contributed by atoms with Crippen LogP contribution in [0.3, 0.4) is 0 Å².